The third-order valence-electron chi connectivity index (χ3n) is 5.19. The summed E-state index contributed by atoms with van der Waals surface area (Å²) in [5.41, 5.74) is 1.31. The molecule has 2 aliphatic rings. The molecule has 0 radical (unpaired) electrons. The normalized spacial score (nSPS) is 29.9. The molecular weight excluding hydrogens is 266 g/mol. The van der Waals surface area contributed by atoms with E-state index in [0.29, 0.717) is 12.1 Å². The standard InChI is InChI=1S/C17H23NO3/c19-15-7-3-8-17(15)9-4-10-18(12-17)11-13-5-1-2-6-14(13)16(20)21/h1-2,5-6,15,19H,3-4,7-12H2,(H,20,21)/t15-,17-/m1/s1. The lowest BCUT2D eigenvalue weighted by Gasteiger charge is -2.42. The van der Waals surface area contributed by atoms with Crippen molar-refractivity contribution < 1.29 is 15.0 Å². The van der Waals surface area contributed by atoms with E-state index in [1.807, 2.05) is 12.1 Å². The van der Waals surface area contributed by atoms with Gasteiger partial charge in [-0.1, -0.05) is 24.6 Å². The molecule has 1 saturated heterocycles. The van der Waals surface area contributed by atoms with Gasteiger partial charge in [-0.15, -0.1) is 0 Å². The average molecular weight is 289 g/mol. The lowest BCUT2D eigenvalue weighted by Crippen LogP contribution is -2.46. The summed E-state index contributed by atoms with van der Waals surface area (Å²) in [6, 6.07) is 7.23. The number of aliphatic hydroxyl groups excluding tert-OH is 1. The number of rotatable bonds is 3. The Hall–Kier alpha value is -1.39. The van der Waals surface area contributed by atoms with E-state index in [9.17, 15) is 15.0 Å². The molecule has 2 fully saturated rings. The van der Waals surface area contributed by atoms with Gasteiger partial charge >= 0.3 is 5.97 Å². The highest BCUT2D eigenvalue weighted by Crippen LogP contribution is 2.45. The maximum Gasteiger partial charge on any atom is 0.336 e. The number of aliphatic hydroxyl groups is 1. The van der Waals surface area contributed by atoms with E-state index in [0.717, 1.165) is 50.8 Å². The molecule has 1 aromatic rings. The second-order valence-corrected chi connectivity index (χ2v) is 6.55. The molecule has 0 bridgehead atoms. The molecule has 4 heteroatoms. The molecule has 1 spiro atoms. The van der Waals surface area contributed by atoms with Gasteiger partial charge in [0.1, 0.15) is 0 Å². The van der Waals surface area contributed by atoms with E-state index < -0.39 is 5.97 Å². The molecule has 1 aliphatic carbocycles. The number of piperidine rings is 1. The van der Waals surface area contributed by atoms with Crippen LogP contribution in [0.5, 0.6) is 0 Å². The molecule has 0 unspecified atom stereocenters. The lowest BCUT2D eigenvalue weighted by atomic mass is 9.76. The molecule has 21 heavy (non-hydrogen) atoms. The van der Waals surface area contributed by atoms with E-state index in [2.05, 4.69) is 4.90 Å². The third kappa shape index (κ3) is 2.83. The molecular formula is C17H23NO3. The number of hydrogen-bond acceptors (Lipinski definition) is 3. The summed E-state index contributed by atoms with van der Waals surface area (Å²) in [5, 5.41) is 19.6. The van der Waals surface area contributed by atoms with Gasteiger partial charge in [-0.05, 0) is 43.9 Å². The molecule has 0 amide bonds. The Labute approximate surface area is 125 Å². The Morgan fingerprint density at radius 1 is 1.29 bits per heavy atom. The second-order valence-electron chi connectivity index (χ2n) is 6.55. The number of aromatic carboxylic acids is 1. The smallest absolute Gasteiger partial charge is 0.336 e. The highest BCUT2D eigenvalue weighted by atomic mass is 16.4. The van der Waals surface area contributed by atoms with E-state index in [4.69, 9.17) is 0 Å². The predicted molar refractivity (Wildman–Crippen MR) is 80.2 cm³/mol. The number of carboxylic acid groups (broad SMARTS) is 1. The molecule has 1 heterocycles. The number of likely N-dealkylation sites (tertiary alicyclic amines) is 1. The summed E-state index contributed by atoms with van der Waals surface area (Å²) < 4.78 is 0. The highest BCUT2D eigenvalue weighted by Gasteiger charge is 2.44. The average Bonchev–Trinajstić information content (AvgIpc) is 2.80. The summed E-state index contributed by atoms with van der Waals surface area (Å²) >= 11 is 0. The van der Waals surface area contributed by atoms with Crippen LogP contribution >= 0.6 is 0 Å². The summed E-state index contributed by atoms with van der Waals surface area (Å²) in [5.74, 6) is -0.863. The Morgan fingerprint density at radius 3 is 2.76 bits per heavy atom. The van der Waals surface area contributed by atoms with E-state index >= 15 is 0 Å². The maximum absolute atomic E-state index is 11.3. The first-order valence-electron chi connectivity index (χ1n) is 7.82. The van der Waals surface area contributed by atoms with Crippen LogP contribution in [-0.2, 0) is 6.54 Å². The monoisotopic (exact) mass is 289 g/mol. The topological polar surface area (TPSA) is 60.8 Å². The quantitative estimate of drug-likeness (QED) is 0.897. The van der Waals surface area contributed by atoms with Crippen molar-refractivity contribution in [2.45, 2.75) is 44.8 Å². The van der Waals surface area contributed by atoms with Crippen molar-refractivity contribution in [3.05, 3.63) is 35.4 Å². The molecule has 4 nitrogen and oxygen atoms in total. The van der Waals surface area contributed by atoms with Crippen molar-refractivity contribution in [3.8, 4) is 0 Å². The zero-order valence-corrected chi connectivity index (χ0v) is 12.3. The zero-order valence-electron chi connectivity index (χ0n) is 12.3. The van der Waals surface area contributed by atoms with Gasteiger partial charge in [0.05, 0.1) is 11.7 Å². The Balaban J connectivity index is 1.75. The van der Waals surface area contributed by atoms with E-state index in [-0.39, 0.29) is 11.5 Å². The van der Waals surface area contributed by atoms with Gasteiger partial charge in [-0.3, -0.25) is 4.90 Å². The third-order valence-corrected chi connectivity index (χ3v) is 5.19. The van der Waals surface area contributed by atoms with Crippen LogP contribution in [0.15, 0.2) is 24.3 Å². The number of carbonyl (C=O) groups is 1. The van der Waals surface area contributed by atoms with Gasteiger partial charge in [0.15, 0.2) is 0 Å². The lowest BCUT2D eigenvalue weighted by molar-refractivity contribution is -0.0121. The van der Waals surface area contributed by atoms with Crippen molar-refractivity contribution in [1.82, 2.24) is 4.90 Å². The summed E-state index contributed by atoms with van der Waals surface area (Å²) in [4.78, 5) is 13.6. The minimum atomic E-state index is -0.863. The first-order valence-corrected chi connectivity index (χ1v) is 7.82. The van der Waals surface area contributed by atoms with Crippen LogP contribution in [0.2, 0.25) is 0 Å². The maximum atomic E-state index is 11.3. The molecule has 1 aromatic carbocycles. The van der Waals surface area contributed by atoms with Crippen LogP contribution < -0.4 is 0 Å². The van der Waals surface area contributed by atoms with Crippen molar-refractivity contribution in [1.29, 1.82) is 0 Å². The van der Waals surface area contributed by atoms with Crippen LogP contribution in [0.25, 0.3) is 0 Å². The van der Waals surface area contributed by atoms with Gasteiger partial charge in [-0.25, -0.2) is 4.79 Å². The number of nitrogens with zero attached hydrogens (tertiary/aromatic N) is 1. The summed E-state index contributed by atoms with van der Waals surface area (Å²) in [6.07, 6.45) is 5.14. The zero-order chi connectivity index (χ0) is 14.9. The fourth-order valence-electron chi connectivity index (χ4n) is 4.10. The van der Waals surface area contributed by atoms with Gasteiger partial charge in [0.2, 0.25) is 0 Å². The fourth-order valence-corrected chi connectivity index (χ4v) is 4.10. The van der Waals surface area contributed by atoms with E-state index in [1.54, 1.807) is 12.1 Å². The molecule has 0 aromatic heterocycles. The van der Waals surface area contributed by atoms with Crippen molar-refractivity contribution in [2.24, 2.45) is 5.41 Å². The Morgan fingerprint density at radius 2 is 2.05 bits per heavy atom. The molecule has 2 atom stereocenters. The molecule has 114 valence electrons. The minimum absolute atomic E-state index is 0.0520. The van der Waals surface area contributed by atoms with Gasteiger partial charge in [0.25, 0.3) is 0 Å². The van der Waals surface area contributed by atoms with Crippen LogP contribution in [0.1, 0.15) is 48.0 Å². The van der Waals surface area contributed by atoms with Crippen molar-refractivity contribution >= 4 is 5.97 Å². The molecule has 2 N–H and O–H groups in total. The Kier molecular flexibility index (Phi) is 4.00. The minimum Gasteiger partial charge on any atom is -0.478 e. The van der Waals surface area contributed by atoms with Crippen LogP contribution in [-0.4, -0.2) is 40.3 Å². The largest absolute Gasteiger partial charge is 0.478 e. The molecule has 1 saturated carbocycles. The van der Waals surface area contributed by atoms with Gasteiger partial charge < -0.3 is 10.2 Å². The van der Waals surface area contributed by atoms with Crippen LogP contribution in [0.4, 0.5) is 0 Å². The summed E-state index contributed by atoms with van der Waals surface area (Å²) in [7, 11) is 0. The number of carboxylic acids is 1. The summed E-state index contributed by atoms with van der Waals surface area (Å²) in [6.45, 7) is 2.54. The molecule has 3 rings (SSSR count). The SMILES string of the molecule is O=C(O)c1ccccc1CN1CCC[C@]2(CCC[C@H]2O)C1. The Bertz CT molecular complexity index is 531. The van der Waals surface area contributed by atoms with E-state index in [1.165, 1.54) is 0 Å². The predicted octanol–water partition coefficient (Wildman–Crippen LogP) is 2.51. The van der Waals surface area contributed by atoms with Crippen molar-refractivity contribution in [3.63, 3.8) is 0 Å². The van der Waals surface area contributed by atoms with Crippen LogP contribution in [0, 0.1) is 5.41 Å². The first kappa shape index (κ1) is 14.5. The first-order chi connectivity index (χ1) is 10.1. The second kappa shape index (κ2) is 5.78. The number of hydrogen-bond donors (Lipinski definition) is 2. The number of benzene rings is 1. The van der Waals surface area contributed by atoms with Gasteiger partial charge in [-0.2, -0.15) is 0 Å². The van der Waals surface area contributed by atoms with Gasteiger partial charge in [0, 0.05) is 18.5 Å². The van der Waals surface area contributed by atoms with Crippen LogP contribution in [0.3, 0.4) is 0 Å². The molecule has 1 aliphatic heterocycles. The highest BCUT2D eigenvalue weighted by molar-refractivity contribution is 5.89. The fraction of sp³-hybridized carbons (Fsp3) is 0.588. The van der Waals surface area contributed by atoms with Crippen molar-refractivity contribution in [2.75, 3.05) is 13.1 Å².